The number of amides is 1. The van der Waals surface area contributed by atoms with Crippen molar-refractivity contribution >= 4 is 11.9 Å². The Morgan fingerprint density at radius 3 is 2.80 bits per heavy atom. The first-order valence-electron chi connectivity index (χ1n) is 8.36. The highest BCUT2D eigenvalue weighted by atomic mass is 19.1. The lowest BCUT2D eigenvalue weighted by atomic mass is 10.2. The van der Waals surface area contributed by atoms with E-state index in [2.05, 4.69) is 15.3 Å². The molecule has 6 nitrogen and oxygen atoms in total. The van der Waals surface area contributed by atoms with Crippen LogP contribution >= 0.6 is 0 Å². The van der Waals surface area contributed by atoms with Gasteiger partial charge in [0.05, 0.1) is 6.04 Å². The summed E-state index contributed by atoms with van der Waals surface area (Å²) < 4.78 is 18.5. The van der Waals surface area contributed by atoms with Gasteiger partial charge in [0.2, 0.25) is 11.9 Å². The third-order valence-corrected chi connectivity index (χ3v) is 4.07. The molecule has 1 saturated heterocycles. The molecule has 3 rings (SSSR count). The molecule has 7 heteroatoms. The van der Waals surface area contributed by atoms with Crippen LogP contribution in [0.2, 0.25) is 0 Å². The van der Waals surface area contributed by atoms with E-state index < -0.39 is 0 Å². The van der Waals surface area contributed by atoms with Crippen LogP contribution in [0.1, 0.15) is 19.8 Å². The third-order valence-electron chi connectivity index (χ3n) is 4.07. The fourth-order valence-corrected chi connectivity index (χ4v) is 2.85. The zero-order chi connectivity index (χ0) is 17.6. The van der Waals surface area contributed by atoms with Crippen LogP contribution in [0.4, 0.5) is 10.3 Å². The van der Waals surface area contributed by atoms with Crippen LogP contribution in [0.15, 0.2) is 42.7 Å². The Balaban J connectivity index is 1.53. The zero-order valence-corrected chi connectivity index (χ0v) is 14.1. The van der Waals surface area contributed by atoms with Crippen molar-refractivity contribution < 1.29 is 13.9 Å². The molecule has 25 heavy (non-hydrogen) atoms. The molecule has 0 saturated carbocycles. The monoisotopic (exact) mass is 344 g/mol. The Bertz CT molecular complexity index is 696. The van der Waals surface area contributed by atoms with Crippen molar-refractivity contribution in [3.8, 4) is 5.75 Å². The molecule has 2 heterocycles. The van der Waals surface area contributed by atoms with Gasteiger partial charge in [0.1, 0.15) is 24.2 Å². The second-order valence-corrected chi connectivity index (χ2v) is 6.07. The third kappa shape index (κ3) is 4.43. The number of ether oxygens (including phenoxy) is 1. The van der Waals surface area contributed by atoms with Crippen molar-refractivity contribution in [2.24, 2.45) is 0 Å². The van der Waals surface area contributed by atoms with Gasteiger partial charge >= 0.3 is 0 Å². The molecular formula is C18H21FN4O2. The molecule has 1 aromatic carbocycles. The van der Waals surface area contributed by atoms with E-state index in [4.69, 9.17) is 4.74 Å². The molecule has 132 valence electrons. The van der Waals surface area contributed by atoms with Crippen molar-refractivity contribution in [1.29, 1.82) is 0 Å². The van der Waals surface area contributed by atoms with Gasteiger partial charge in [-0.3, -0.25) is 4.79 Å². The van der Waals surface area contributed by atoms with Crippen LogP contribution in [0.25, 0.3) is 0 Å². The number of hydrogen-bond acceptors (Lipinski definition) is 5. The topological polar surface area (TPSA) is 67.3 Å². The van der Waals surface area contributed by atoms with Gasteiger partial charge in [-0.1, -0.05) is 0 Å². The Labute approximate surface area is 146 Å². The summed E-state index contributed by atoms with van der Waals surface area (Å²) in [4.78, 5) is 23.0. The normalized spacial score (nSPS) is 18.0. The summed E-state index contributed by atoms with van der Waals surface area (Å²) in [6, 6.07) is 7.13. The summed E-state index contributed by atoms with van der Waals surface area (Å²) in [6.45, 7) is 2.95. The Morgan fingerprint density at radius 2 is 2.08 bits per heavy atom. The number of carbonyl (C=O) groups excluding carboxylic acids is 1. The average Bonchev–Trinajstić information content (AvgIpc) is 3.12. The van der Waals surface area contributed by atoms with Crippen molar-refractivity contribution in [1.82, 2.24) is 15.3 Å². The van der Waals surface area contributed by atoms with Crippen molar-refractivity contribution in [2.45, 2.75) is 31.8 Å². The molecule has 1 aromatic heterocycles. The molecule has 0 bridgehead atoms. The number of anilines is 1. The SMILES string of the molecule is C[C@@H](COc1ccc(F)cc1)NC(=O)[C@H]1CCCN1c1ncccn1. The number of aromatic nitrogens is 2. The summed E-state index contributed by atoms with van der Waals surface area (Å²) in [5, 5.41) is 2.97. The molecule has 1 aliphatic heterocycles. The number of rotatable bonds is 6. The Morgan fingerprint density at radius 1 is 1.36 bits per heavy atom. The van der Waals surface area contributed by atoms with Crippen LogP contribution < -0.4 is 15.0 Å². The minimum Gasteiger partial charge on any atom is -0.491 e. The lowest BCUT2D eigenvalue weighted by molar-refractivity contribution is -0.123. The summed E-state index contributed by atoms with van der Waals surface area (Å²) in [5.41, 5.74) is 0. The smallest absolute Gasteiger partial charge is 0.243 e. The number of carbonyl (C=O) groups is 1. The van der Waals surface area contributed by atoms with Gasteiger partial charge in [0, 0.05) is 18.9 Å². The van der Waals surface area contributed by atoms with E-state index in [1.165, 1.54) is 12.1 Å². The van der Waals surface area contributed by atoms with Gasteiger partial charge in [-0.25, -0.2) is 14.4 Å². The highest BCUT2D eigenvalue weighted by molar-refractivity contribution is 5.85. The Kier molecular flexibility index (Phi) is 5.42. The zero-order valence-electron chi connectivity index (χ0n) is 14.1. The highest BCUT2D eigenvalue weighted by Crippen LogP contribution is 2.22. The van der Waals surface area contributed by atoms with Crippen molar-refractivity contribution in [2.75, 3.05) is 18.1 Å². The van der Waals surface area contributed by atoms with Crippen LogP contribution in [0, 0.1) is 5.82 Å². The summed E-state index contributed by atoms with van der Waals surface area (Å²) in [6.07, 6.45) is 5.05. The number of nitrogens with zero attached hydrogens (tertiary/aromatic N) is 3. The molecule has 0 spiro atoms. The lowest BCUT2D eigenvalue weighted by Crippen LogP contribution is -2.48. The first-order chi connectivity index (χ1) is 12.1. The number of benzene rings is 1. The summed E-state index contributed by atoms with van der Waals surface area (Å²) in [7, 11) is 0. The predicted octanol–water partition coefficient (Wildman–Crippen LogP) is 2.17. The number of nitrogens with one attached hydrogen (secondary N) is 1. The van der Waals surface area contributed by atoms with Gasteiger partial charge in [0.15, 0.2) is 0 Å². The lowest BCUT2D eigenvalue weighted by Gasteiger charge is -2.25. The van der Waals surface area contributed by atoms with E-state index in [0.717, 1.165) is 19.4 Å². The molecule has 0 radical (unpaired) electrons. The Hall–Kier alpha value is -2.70. The molecular weight excluding hydrogens is 323 g/mol. The van der Waals surface area contributed by atoms with Gasteiger partial charge in [-0.2, -0.15) is 0 Å². The molecule has 1 N–H and O–H groups in total. The van der Waals surface area contributed by atoms with Gasteiger partial charge < -0.3 is 15.0 Å². The van der Waals surface area contributed by atoms with Crippen LogP contribution in [-0.2, 0) is 4.79 Å². The van der Waals surface area contributed by atoms with Crippen LogP contribution in [0.5, 0.6) is 5.75 Å². The largest absolute Gasteiger partial charge is 0.491 e. The highest BCUT2D eigenvalue weighted by Gasteiger charge is 2.32. The fourth-order valence-electron chi connectivity index (χ4n) is 2.85. The van der Waals surface area contributed by atoms with E-state index in [-0.39, 0.29) is 23.8 Å². The predicted molar refractivity (Wildman–Crippen MR) is 91.9 cm³/mol. The van der Waals surface area contributed by atoms with E-state index in [9.17, 15) is 9.18 Å². The van der Waals surface area contributed by atoms with E-state index in [1.807, 2.05) is 11.8 Å². The van der Waals surface area contributed by atoms with E-state index in [1.54, 1.807) is 30.6 Å². The van der Waals surface area contributed by atoms with Gasteiger partial charge in [0.25, 0.3) is 0 Å². The van der Waals surface area contributed by atoms with E-state index in [0.29, 0.717) is 18.3 Å². The second kappa shape index (κ2) is 7.92. The quantitative estimate of drug-likeness (QED) is 0.870. The summed E-state index contributed by atoms with van der Waals surface area (Å²) >= 11 is 0. The van der Waals surface area contributed by atoms with Crippen molar-refractivity contribution in [3.05, 3.63) is 48.5 Å². The number of halogens is 1. The number of hydrogen-bond donors (Lipinski definition) is 1. The molecule has 2 aromatic rings. The first-order valence-corrected chi connectivity index (χ1v) is 8.36. The average molecular weight is 344 g/mol. The first kappa shape index (κ1) is 17.1. The van der Waals surface area contributed by atoms with Crippen LogP contribution in [0.3, 0.4) is 0 Å². The molecule has 1 aliphatic rings. The maximum atomic E-state index is 12.9. The van der Waals surface area contributed by atoms with E-state index >= 15 is 0 Å². The van der Waals surface area contributed by atoms with Gasteiger partial charge in [-0.05, 0) is 50.1 Å². The molecule has 2 atom stereocenters. The fraction of sp³-hybridized carbons (Fsp3) is 0.389. The molecule has 1 fully saturated rings. The van der Waals surface area contributed by atoms with Crippen LogP contribution in [-0.4, -0.2) is 41.1 Å². The minimum atomic E-state index is -0.307. The standard InChI is InChI=1S/C18H21FN4O2/c1-13(12-25-15-7-5-14(19)6-8-15)22-17(24)16-4-2-11-23(16)18-20-9-3-10-21-18/h3,5-10,13,16H,2,4,11-12H2,1H3,(H,22,24)/t13-,16+/m0/s1. The molecule has 0 unspecified atom stereocenters. The maximum absolute atomic E-state index is 12.9. The second-order valence-electron chi connectivity index (χ2n) is 6.07. The maximum Gasteiger partial charge on any atom is 0.243 e. The molecule has 0 aliphatic carbocycles. The minimum absolute atomic E-state index is 0.0554. The summed E-state index contributed by atoms with van der Waals surface area (Å²) in [5.74, 6) is 0.788. The van der Waals surface area contributed by atoms with Gasteiger partial charge in [-0.15, -0.1) is 0 Å². The molecule has 1 amide bonds. The van der Waals surface area contributed by atoms with Crippen molar-refractivity contribution in [3.63, 3.8) is 0 Å².